The second kappa shape index (κ2) is 7.87. The van der Waals surface area contributed by atoms with E-state index in [9.17, 15) is 9.90 Å². The Bertz CT molecular complexity index is 651. The molecule has 4 saturated carbocycles. The molecule has 1 aliphatic heterocycles. The number of carbonyl (C=O) groups is 1. The van der Waals surface area contributed by atoms with Gasteiger partial charge in [-0.3, -0.25) is 9.69 Å². The first-order valence-corrected chi connectivity index (χ1v) is 13.2. The van der Waals surface area contributed by atoms with E-state index in [0.29, 0.717) is 18.2 Å². The summed E-state index contributed by atoms with van der Waals surface area (Å²) in [7, 11) is 0. The first-order chi connectivity index (χ1) is 14.3. The fraction of sp³-hybridized carbons (Fsp3) is 0.963. The van der Waals surface area contributed by atoms with Crippen LogP contribution in [0.3, 0.4) is 0 Å². The summed E-state index contributed by atoms with van der Waals surface area (Å²) in [6, 6.07) is 0. The Morgan fingerprint density at radius 2 is 1.63 bits per heavy atom. The Hall–Kier alpha value is -0.410. The van der Waals surface area contributed by atoms with E-state index in [1.807, 2.05) is 0 Å². The number of fused-ring (bicyclic) bond motifs is 5. The Kier molecular flexibility index (Phi) is 5.62. The van der Waals surface area contributed by atoms with E-state index < -0.39 is 5.60 Å². The zero-order chi connectivity index (χ0) is 21.1. The molecule has 0 aromatic rings. The fourth-order valence-electron chi connectivity index (χ4n) is 9.16. The number of likely N-dealkylation sites (tertiary alicyclic amines) is 1. The fourth-order valence-corrected chi connectivity index (χ4v) is 9.16. The molecule has 170 valence electrons. The third-order valence-corrected chi connectivity index (χ3v) is 10.9. The lowest BCUT2D eigenvalue weighted by molar-refractivity contribution is -0.133. The largest absolute Gasteiger partial charge is 0.390 e. The summed E-state index contributed by atoms with van der Waals surface area (Å²) in [6.07, 6.45) is 13.5. The van der Waals surface area contributed by atoms with E-state index in [1.54, 1.807) is 0 Å². The third-order valence-electron chi connectivity index (χ3n) is 10.9. The molecule has 0 aromatic carbocycles. The van der Waals surface area contributed by atoms with Crippen LogP contribution < -0.4 is 0 Å². The topological polar surface area (TPSA) is 40.5 Å². The average molecular weight is 416 g/mol. The highest BCUT2D eigenvalue weighted by Crippen LogP contribution is 2.64. The van der Waals surface area contributed by atoms with Crippen molar-refractivity contribution < 1.29 is 9.90 Å². The van der Waals surface area contributed by atoms with Gasteiger partial charge in [0.2, 0.25) is 0 Å². The van der Waals surface area contributed by atoms with Crippen molar-refractivity contribution in [2.45, 2.75) is 97.0 Å². The first-order valence-electron chi connectivity index (χ1n) is 13.2. The van der Waals surface area contributed by atoms with Crippen molar-refractivity contribution in [2.24, 2.45) is 46.8 Å². The molecule has 1 saturated heterocycles. The van der Waals surface area contributed by atoms with Crippen LogP contribution in [-0.4, -0.2) is 41.0 Å². The highest BCUT2D eigenvalue weighted by molar-refractivity contribution is 5.84. The summed E-state index contributed by atoms with van der Waals surface area (Å²) in [6.45, 7) is 9.87. The lowest BCUT2D eigenvalue weighted by Crippen LogP contribution is -2.51. The highest BCUT2D eigenvalue weighted by atomic mass is 16.3. The molecule has 1 N–H and O–H groups in total. The van der Waals surface area contributed by atoms with Crippen LogP contribution in [0.1, 0.15) is 91.4 Å². The number of hydrogen-bond acceptors (Lipinski definition) is 3. The highest BCUT2D eigenvalue weighted by Gasteiger charge is 2.58. The van der Waals surface area contributed by atoms with Gasteiger partial charge in [-0.1, -0.05) is 13.8 Å². The predicted octanol–water partition coefficient (Wildman–Crippen LogP) is 5.31. The van der Waals surface area contributed by atoms with Crippen molar-refractivity contribution in [3.8, 4) is 0 Å². The molecule has 5 rings (SSSR count). The van der Waals surface area contributed by atoms with Crippen molar-refractivity contribution in [1.82, 2.24) is 4.90 Å². The maximum atomic E-state index is 13.4. The molecule has 0 aromatic heterocycles. The summed E-state index contributed by atoms with van der Waals surface area (Å²) in [5, 5.41) is 10.6. The normalized spacial score (nSPS) is 49.9. The zero-order valence-electron chi connectivity index (χ0n) is 19.7. The van der Waals surface area contributed by atoms with Gasteiger partial charge >= 0.3 is 0 Å². The molecule has 1 heterocycles. The van der Waals surface area contributed by atoms with E-state index in [-0.39, 0.29) is 5.41 Å². The summed E-state index contributed by atoms with van der Waals surface area (Å²) >= 11 is 0. The minimum Gasteiger partial charge on any atom is -0.390 e. The molecule has 0 amide bonds. The number of piperidine rings is 1. The SMILES string of the molecule is CC1CCN(CC(=O)[C@H]2CC[C@H]3[C@@H]4CC[C@@H]5C[C@](C)(O)CC[C@@H]5[C@H]4CC[C@]23C)CC1. The second-order valence-electron chi connectivity index (χ2n) is 12.8. The number of hydrogen-bond donors (Lipinski definition) is 1. The van der Waals surface area contributed by atoms with Crippen molar-refractivity contribution in [3.05, 3.63) is 0 Å². The number of ketones is 1. The van der Waals surface area contributed by atoms with Gasteiger partial charge < -0.3 is 5.11 Å². The predicted molar refractivity (Wildman–Crippen MR) is 121 cm³/mol. The Labute approximate surface area is 184 Å². The maximum absolute atomic E-state index is 13.4. The van der Waals surface area contributed by atoms with Crippen LogP contribution in [0, 0.1) is 46.8 Å². The van der Waals surface area contributed by atoms with Gasteiger partial charge in [-0.2, -0.15) is 0 Å². The number of Topliss-reactive ketones (excluding diaryl/α,β-unsaturated/α-hetero) is 1. The number of carbonyl (C=O) groups excluding carboxylic acids is 1. The van der Waals surface area contributed by atoms with Gasteiger partial charge in [0.25, 0.3) is 0 Å². The third kappa shape index (κ3) is 3.70. The minimum absolute atomic E-state index is 0.258. The molecule has 5 fully saturated rings. The standard InChI is InChI=1S/C27H45NO2/c1-18-10-14-28(15-11-18)17-25(29)24-7-6-23-22-5-4-19-16-26(2,30)12-8-20(19)21(22)9-13-27(23,24)3/h18-24,30H,4-17H2,1-3H3/t19-,20+,21-,22-,23+,24-,26-,27+/m1/s1. The van der Waals surface area contributed by atoms with Gasteiger partial charge in [-0.15, -0.1) is 0 Å². The lowest BCUT2D eigenvalue weighted by atomic mass is 9.49. The molecule has 0 bridgehead atoms. The summed E-state index contributed by atoms with van der Waals surface area (Å²) in [4.78, 5) is 15.9. The molecule has 8 atom stereocenters. The summed E-state index contributed by atoms with van der Waals surface area (Å²) < 4.78 is 0. The van der Waals surface area contributed by atoms with Crippen LogP contribution in [0.4, 0.5) is 0 Å². The molecule has 3 heteroatoms. The zero-order valence-corrected chi connectivity index (χ0v) is 19.7. The van der Waals surface area contributed by atoms with Crippen molar-refractivity contribution in [2.75, 3.05) is 19.6 Å². The van der Waals surface area contributed by atoms with Gasteiger partial charge in [0, 0.05) is 5.92 Å². The van der Waals surface area contributed by atoms with Gasteiger partial charge in [0.1, 0.15) is 5.78 Å². The van der Waals surface area contributed by atoms with Crippen LogP contribution in [0.5, 0.6) is 0 Å². The Balaban J connectivity index is 1.26. The van der Waals surface area contributed by atoms with Gasteiger partial charge in [0.15, 0.2) is 0 Å². The van der Waals surface area contributed by atoms with Crippen LogP contribution in [0.15, 0.2) is 0 Å². The molecular formula is C27H45NO2. The van der Waals surface area contributed by atoms with E-state index in [2.05, 4.69) is 25.7 Å². The lowest BCUT2D eigenvalue weighted by Gasteiger charge is -2.57. The Morgan fingerprint density at radius 1 is 0.900 bits per heavy atom. The van der Waals surface area contributed by atoms with Gasteiger partial charge in [-0.05, 0) is 132 Å². The quantitative estimate of drug-likeness (QED) is 0.679. The molecule has 5 aliphatic rings. The van der Waals surface area contributed by atoms with Crippen LogP contribution in [0.2, 0.25) is 0 Å². The van der Waals surface area contributed by atoms with Gasteiger partial charge in [0.05, 0.1) is 12.1 Å². The van der Waals surface area contributed by atoms with E-state index >= 15 is 0 Å². The minimum atomic E-state index is -0.422. The van der Waals surface area contributed by atoms with E-state index in [0.717, 1.165) is 67.9 Å². The maximum Gasteiger partial charge on any atom is 0.150 e. The van der Waals surface area contributed by atoms with E-state index in [1.165, 1.54) is 51.4 Å². The number of rotatable bonds is 3. The molecule has 3 nitrogen and oxygen atoms in total. The average Bonchev–Trinajstić information content (AvgIpc) is 3.06. The van der Waals surface area contributed by atoms with Crippen molar-refractivity contribution in [1.29, 1.82) is 0 Å². The molecule has 0 spiro atoms. The molecule has 0 radical (unpaired) electrons. The summed E-state index contributed by atoms with van der Waals surface area (Å²) in [5.74, 6) is 5.80. The van der Waals surface area contributed by atoms with Gasteiger partial charge in [-0.25, -0.2) is 0 Å². The number of aliphatic hydroxyl groups is 1. The number of nitrogens with zero attached hydrogens (tertiary/aromatic N) is 1. The van der Waals surface area contributed by atoms with Crippen molar-refractivity contribution in [3.63, 3.8) is 0 Å². The van der Waals surface area contributed by atoms with E-state index in [4.69, 9.17) is 0 Å². The van der Waals surface area contributed by atoms with Crippen LogP contribution >= 0.6 is 0 Å². The first kappa shape index (κ1) is 21.4. The smallest absolute Gasteiger partial charge is 0.150 e. The van der Waals surface area contributed by atoms with Crippen LogP contribution in [0.25, 0.3) is 0 Å². The molecule has 0 unspecified atom stereocenters. The van der Waals surface area contributed by atoms with Crippen molar-refractivity contribution >= 4 is 5.78 Å². The molecule has 30 heavy (non-hydrogen) atoms. The Morgan fingerprint density at radius 3 is 2.40 bits per heavy atom. The summed E-state index contributed by atoms with van der Waals surface area (Å²) in [5.41, 5.74) is -0.164. The monoisotopic (exact) mass is 415 g/mol. The molecule has 4 aliphatic carbocycles. The molecular weight excluding hydrogens is 370 g/mol. The van der Waals surface area contributed by atoms with Crippen LogP contribution in [-0.2, 0) is 4.79 Å². The second-order valence-corrected chi connectivity index (χ2v) is 12.8.